The fourth-order valence-electron chi connectivity index (χ4n) is 2.11. The number of hydrogen-bond donors (Lipinski definition) is 1. The van der Waals surface area contributed by atoms with E-state index in [0.717, 1.165) is 24.6 Å². The van der Waals surface area contributed by atoms with E-state index in [4.69, 9.17) is 0 Å². The number of nitrogens with zero attached hydrogens (tertiary/aromatic N) is 1. The number of aromatic nitrogens is 1. The Hall–Kier alpha value is -0.890. The molecule has 2 nitrogen and oxygen atoms in total. The van der Waals surface area contributed by atoms with Crippen LogP contribution < -0.4 is 5.32 Å². The van der Waals surface area contributed by atoms with Gasteiger partial charge in [0.05, 0.1) is 0 Å². The van der Waals surface area contributed by atoms with E-state index in [-0.39, 0.29) is 0 Å². The Bertz CT molecular complexity index is 290. The van der Waals surface area contributed by atoms with E-state index in [1.807, 2.05) is 0 Å². The van der Waals surface area contributed by atoms with Crippen LogP contribution in [0, 0.1) is 12.8 Å². The normalized spacial score (nSPS) is 22.2. The molecule has 1 fully saturated rings. The van der Waals surface area contributed by atoms with E-state index in [2.05, 4.69) is 35.4 Å². The maximum atomic E-state index is 4.54. The molecule has 0 aliphatic carbocycles. The SMILES string of the molecule is Cc1cccc(CC2CCCNC2)n1. The lowest BCUT2D eigenvalue weighted by molar-refractivity contribution is 0.373. The van der Waals surface area contributed by atoms with Gasteiger partial charge in [0.1, 0.15) is 0 Å². The second-order valence-corrected chi connectivity index (χ2v) is 4.19. The molecule has 1 aromatic rings. The van der Waals surface area contributed by atoms with Crippen LogP contribution in [0.1, 0.15) is 24.2 Å². The summed E-state index contributed by atoms with van der Waals surface area (Å²) in [7, 11) is 0. The maximum Gasteiger partial charge on any atom is 0.0410 e. The molecule has 2 heterocycles. The molecule has 0 bridgehead atoms. The zero-order valence-corrected chi connectivity index (χ0v) is 8.79. The van der Waals surface area contributed by atoms with Gasteiger partial charge in [-0.2, -0.15) is 0 Å². The molecule has 0 amide bonds. The van der Waals surface area contributed by atoms with Gasteiger partial charge in [-0.3, -0.25) is 4.98 Å². The lowest BCUT2D eigenvalue weighted by atomic mass is 9.94. The zero-order chi connectivity index (χ0) is 9.80. The van der Waals surface area contributed by atoms with Crippen molar-refractivity contribution < 1.29 is 0 Å². The van der Waals surface area contributed by atoms with Crippen LogP contribution in [0.25, 0.3) is 0 Å². The van der Waals surface area contributed by atoms with E-state index < -0.39 is 0 Å². The van der Waals surface area contributed by atoms with E-state index in [0.29, 0.717) is 0 Å². The van der Waals surface area contributed by atoms with Crippen molar-refractivity contribution in [3.8, 4) is 0 Å². The van der Waals surface area contributed by atoms with Crippen LogP contribution in [0.4, 0.5) is 0 Å². The lowest BCUT2D eigenvalue weighted by Crippen LogP contribution is -2.31. The van der Waals surface area contributed by atoms with Gasteiger partial charge in [-0.05, 0) is 57.3 Å². The van der Waals surface area contributed by atoms with Crippen LogP contribution in [0.5, 0.6) is 0 Å². The fraction of sp³-hybridized carbons (Fsp3) is 0.583. The highest BCUT2D eigenvalue weighted by Gasteiger charge is 2.13. The van der Waals surface area contributed by atoms with Crippen molar-refractivity contribution >= 4 is 0 Å². The summed E-state index contributed by atoms with van der Waals surface area (Å²) < 4.78 is 0. The van der Waals surface area contributed by atoms with Crippen molar-refractivity contribution in [3.05, 3.63) is 29.6 Å². The summed E-state index contributed by atoms with van der Waals surface area (Å²) in [4.78, 5) is 4.54. The number of nitrogens with one attached hydrogen (secondary N) is 1. The average molecular weight is 190 g/mol. The van der Waals surface area contributed by atoms with Crippen molar-refractivity contribution in [2.24, 2.45) is 5.92 Å². The molecule has 0 spiro atoms. The molecule has 76 valence electrons. The number of piperidine rings is 1. The van der Waals surface area contributed by atoms with Gasteiger partial charge in [0.15, 0.2) is 0 Å². The summed E-state index contributed by atoms with van der Waals surface area (Å²) in [5.74, 6) is 0.790. The van der Waals surface area contributed by atoms with Gasteiger partial charge in [-0.25, -0.2) is 0 Å². The molecule has 2 rings (SSSR count). The Morgan fingerprint density at radius 2 is 2.43 bits per heavy atom. The number of rotatable bonds is 2. The molecule has 2 heteroatoms. The van der Waals surface area contributed by atoms with Crippen LogP contribution in [0.3, 0.4) is 0 Å². The molecule has 1 N–H and O–H groups in total. The molecule has 1 aliphatic heterocycles. The van der Waals surface area contributed by atoms with Crippen LogP contribution in [0.15, 0.2) is 18.2 Å². The Labute approximate surface area is 85.7 Å². The van der Waals surface area contributed by atoms with E-state index in [1.54, 1.807) is 0 Å². The molecule has 0 saturated carbocycles. The highest BCUT2D eigenvalue weighted by atomic mass is 14.9. The maximum absolute atomic E-state index is 4.54. The average Bonchev–Trinajstić information content (AvgIpc) is 2.19. The molecular formula is C12H18N2. The first kappa shape index (κ1) is 9.66. The summed E-state index contributed by atoms with van der Waals surface area (Å²) in [6, 6.07) is 6.30. The van der Waals surface area contributed by atoms with Crippen molar-refractivity contribution in [1.29, 1.82) is 0 Å². The molecule has 0 aromatic carbocycles. The lowest BCUT2D eigenvalue weighted by Gasteiger charge is -2.22. The minimum Gasteiger partial charge on any atom is -0.316 e. The number of aryl methyl sites for hydroxylation is 1. The topological polar surface area (TPSA) is 24.9 Å². The quantitative estimate of drug-likeness (QED) is 0.771. The van der Waals surface area contributed by atoms with E-state index in [1.165, 1.54) is 25.1 Å². The first-order valence-corrected chi connectivity index (χ1v) is 5.48. The third-order valence-corrected chi connectivity index (χ3v) is 2.84. The zero-order valence-electron chi connectivity index (χ0n) is 8.79. The molecule has 0 radical (unpaired) electrons. The van der Waals surface area contributed by atoms with Crippen LogP contribution in [-0.2, 0) is 6.42 Å². The van der Waals surface area contributed by atoms with Crippen molar-refractivity contribution in [1.82, 2.24) is 10.3 Å². The van der Waals surface area contributed by atoms with Gasteiger partial charge < -0.3 is 5.32 Å². The number of pyridine rings is 1. The van der Waals surface area contributed by atoms with Gasteiger partial charge in [0.25, 0.3) is 0 Å². The molecule has 1 saturated heterocycles. The Morgan fingerprint density at radius 1 is 1.50 bits per heavy atom. The fourth-order valence-corrected chi connectivity index (χ4v) is 2.11. The minimum atomic E-state index is 0.790. The van der Waals surface area contributed by atoms with Gasteiger partial charge in [0.2, 0.25) is 0 Å². The van der Waals surface area contributed by atoms with Crippen molar-refractivity contribution in [2.45, 2.75) is 26.2 Å². The van der Waals surface area contributed by atoms with Crippen molar-refractivity contribution in [3.63, 3.8) is 0 Å². The predicted molar refractivity (Wildman–Crippen MR) is 58.3 cm³/mol. The van der Waals surface area contributed by atoms with Crippen LogP contribution >= 0.6 is 0 Å². The van der Waals surface area contributed by atoms with Crippen LogP contribution in [0.2, 0.25) is 0 Å². The van der Waals surface area contributed by atoms with Crippen LogP contribution in [-0.4, -0.2) is 18.1 Å². The first-order valence-electron chi connectivity index (χ1n) is 5.48. The van der Waals surface area contributed by atoms with Gasteiger partial charge in [0, 0.05) is 11.4 Å². The Morgan fingerprint density at radius 3 is 3.14 bits per heavy atom. The summed E-state index contributed by atoms with van der Waals surface area (Å²) in [6.07, 6.45) is 3.80. The second kappa shape index (κ2) is 4.56. The van der Waals surface area contributed by atoms with E-state index >= 15 is 0 Å². The molecular weight excluding hydrogens is 172 g/mol. The third-order valence-electron chi connectivity index (χ3n) is 2.84. The summed E-state index contributed by atoms with van der Waals surface area (Å²) in [5.41, 5.74) is 2.38. The van der Waals surface area contributed by atoms with Gasteiger partial charge >= 0.3 is 0 Å². The first-order chi connectivity index (χ1) is 6.84. The standard InChI is InChI=1S/C12H18N2/c1-10-4-2-6-12(14-10)8-11-5-3-7-13-9-11/h2,4,6,11,13H,3,5,7-9H2,1H3. The Kier molecular flexibility index (Phi) is 3.14. The number of hydrogen-bond acceptors (Lipinski definition) is 2. The highest BCUT2D eigenvalue weighted by molar-refractivity contribution is 5.10. The second-order valence-electron chi connectivity index (χ2n) is 4.19. The van der Waals surface area contributed by atoms with Gasteiger partial charge in [-0.1, -0.05) is 6.07 Å². The monoisotopic (exact) mass is 190 g/mol. The molecule has 1 unspecified atom stereocenters. The van der Waals surface area contributed by atoms with Gasteiger partial charge in [-0.15, -0.1) is 0 Å². The molecule has 1 aliphatic rings. The largest absolute Gasteiger partial charge is 0.316 e. The summed E-state index contributed by atoms with van der Waals surface area (Å²) in [5, 5.41) is 3.44. The summed E-state index contributed by atoms with van der Waals surface area (Å²) in [6.45, 7) is 4.41. The Balaban J connectivity index is 1.95. The third kappa shape index (κ3) is 2.55. The molecule has 1 aromatic heterocycles. The van der Waals surface area contributed by atoms with E-state index in [9.17, 15) is 0 Å². The predicted octanol–water partition coefficient (Wildman–Crippen LogP) is 1.93. The molecule has 1 atom stereocenters. The smallest absolute Gasteiger partial charge is 0.0410 e. The van der Waals surface area contributed by atoms with Crippen molar-refractivity contribution in [2.75, 3.05) is 13.1 Å². The highest BCUT2D eigenvalue weighted by Crippen LogP contribution is 2.15. The molecule has 14 heavy (non-hydrogen) atoms. The summed E-state index contributed by atoms with van der Waals surface area (Å²) >= 11 is 0. The minimum absolute atomic E-state index is 0.790.